The average molecular weight is 311 g/mol. The molecule has 1 aromatic carbocycles. The predicted octanol–water partition coefficient (Wildman–Crippen LogP) is 0.498. The first-order valence-corrected chi connectivity index (χ1v) is 8.48. The molecular weight excluding hydrogens is 290 g/mol. The summed E-state index contributed by atoms with van der Waals surface area (Å²) in [6.45, 7) is 2.58. The monoisotopic (exact) mass is 311 g/mol. The van der Waals surface area contributed by atoms with E-state index in [1.54, 1.807) is 12.1 Å². The van der Waals surface area contributed by atoms with Gasteiger partial charge in [0.05, 0.1) is 23.8 Å². The second-order valence-corrected chi connectivity index (χ2v) is 7.05. The van der Waals surface area contributed by atoms with E-state index < -0.39 is 9.84 Å². The molecule has 0 amide bonds. The molecule has 0 spiro atoms. The lowest BCUT2D eigenvalue weighted by molar-refractivity contribution is 0.217. The highest BCUT2D eigenvalue weighted by Crippen LogP contribution is 2.12. The fourth-order valence-corrected chi connectivity index (χ4v) is 3.20. The van der Waals surface area contributed by atoms with Crippen LogP contribution < -0.4 is 5.32 Å². The van der Waals surface area contributed by atoms with Crippen molar-refractivity contribution < 1.29 is 13.2 Å². The smallest absolute Gasteiger partial charge is 0.194 e. The summed E-state index contributed by atoms with van der Waals surface area (Å²) in [6.07, 6.45) is 0. The van der Waals surface area contributed by atoms with Crippen LogP contribution in [0.4, 0.5) is 0 Å². The highest BCUT2D eigenvalue weighted by Gasteiger charge is 2.14. The van der Waals surface area contributed by atoms with Gasteiger partial charge >= 0.3 is 0 Å². The van der Waals surface area contributed by atoms with E-state index in [2.05, 4.69) is 15.2 Å². The number of methoxy groups -OCH3 is 1. The van der Waals surface area contributed by atoms with Gasteiger partial charge in [0.2, 0.25) is 0 Å². The van der Waals surface area contributed by atoms with Crippen LogP contribution in [0.25, 0.3) is 0 Å². The van der Waals surface area contributed by atoms with Gasteiger partial charge in [0.1, 0.15) is 0 Å². The summed E-state index contributed by atoms with van der Waals surface area (Å²) in [5.74, 6) is 0.884. The zero-order valence-corrected chi connectivity index (χ0v) is 13.2. The van der Waals surface area contributed by atoms with Gasteiger partial charge < -0.3 is 15.0 Å². The Morgan fingerprint density at radius 3 is 2.62 bits per heavy atom. The molecule has 1 aliphatic rings. The van der Waals surface area contributed by atoms with Gasteiger partial charge in [-0.05, 0) is 17.7 Å². The standard InChI is InChI=1S/C14H21N3O3S/c1-17-8-7-15-14(17)16-11-12-3-5-13(6-4-12)21(18,19)10-9-20-2/h3-6H,7-11H2,1-2H3,(H,15,16). The molecule has 0 saturated heterocycles. The second-order valence-electron chi connectivity index (χ2n) is 4.94. The number of aliphatic imine (C=N–C) groups is 1. The summed E-state index contributed by atoms with van der Waals surface area (Å²) in [7, 11) is 0.228. The van der Waals surface area contributed by atoms with Crippen molar-refractivity contribution in [3.63, 3.8) is 0 Å². The van der Waals surface area contributed by atoms with Crippen molar-refractivity contribution in [3.8, 4) is 0 Å². The van der Waals surface area contributed by atoms with Crippen LogP contribution in [0.2, 0.25) is 0 Å². The lowest BCUT2D eigenvalue weighted by Crippen LogP contribution is -2.35. The van der Waals surface area contributed by atoms with Crippen LogP contribution in [-0.2, 0) is 21.1 Å². The first-order valence-electron chi connectivity index (χ1n) is 6.83. The van der Waals surface area contributed by atoms with Gasteiger partial charge in [0.25, 0.3) is 0 Å². The van der Waals surface area contributed by atoms with E-state index in [-0.39, 0.29) is 12.4 Å². The molecule has 0 aliphatic carbocycles. The molecule has 1 heterocycles. The van der Waals surface area contributed by atoms with Crippen LogP contribution >= 0.6 is 0 Å². The quantitative estimate of drug-likeness (QED) is 0.828. The molecule has 0 saturated carbocycles. The Hall–Kier alpha value is -1.60. The largest absolute Gasteiger partial charge is 0.384 e. The molecule has 7 heteroatoms. The summed E-state index contributed by atoms with van der Waals surface area (Å²) in [4.78, 5) is 6.74. The maximum atomic E-state index is 12.0. The minimum atomic E-state index is -3.26. The van der Waals surface area contributed by atoms with Crippen molar-refractivity contribution in [1.29, 1.82) is 0 Å². The van der Waals surface area contributed by atoms with Crippen molar-refractivity contribution in [3.05, 3.63) is 29.8 Å². The zero-order valence-electron chi connectivity index (χ0n) is 12.4. The third kappa shape index (κ3) is 4.18. The van der Waals surface area contributed by atoms with Crippen LogP contribution in [0.5, 0.6) is 0 Å². The van der Waals surface area contributed by atoms with Gasteiger partial charge in [-0.3, -0.25) is 4.99 Å². The lowest BCUT2D eigenvalue weighted by Gasteiger charge is -2.15. The molecule has 1 N–H and O–H groups in total. The molecular formula is C14H21N3O3S. The van der Waals surface area contributed by atoms with Gasteiger partial charge in [-0.25, -0.2) is 8.42 Å². The number of sulfone groups is 1. The van der Waals surface area contributed by atoms with Crippen LogP contribution in [0.3, 0.4) is 0 Å². The molecule has 0 aromatic heterocycles. The molecule has 0 bridgehead atoms. The molecule has 6 nitrogen and oxygen atoms in total. The highest BCUT2D eigenvalue weighted by molar-refractivity contribution is 7.91. The number of hydrogen-bond acceptors (Lipinski definition) is 6. The highest BCUT2D eigenvalue weighted by atomic mass is 32.2. The molecule has 0 fully saturated rings. The minimum Gasteiger partial charge on any atom is -0.384 e. The fourth-order valence-electron chi connectivity index (χ4n) is 2.03. The Labute approximate surface area is 125 Å². The summed E-state index contributed by atoms with van der Waals surface area (Å²) >= 11 is 0. The van der Waals surface area contributed by atoms with Crippen LogP contribution in [0.15, 0.2) is 34.2 Å². The van der Waals surface area contributed by atoms with E-state index in [1.807, 2.05) is 19.2 Å². The molecule has 2 rings (SSSR count). The van der Waals surface area contributed by atoms with Crippen molar-refractivity contribution in [2.75, 3.05) is 39.6 Å². The normalized spacial score (nSPS) is 15.1. The van der Waals surface area contributed by atoms with Gasteiger partial charge in [0.15, 0.2) is 15.8 Å². The van der Waals surface area contributed by atoms with E-state index in [4.69, 9.17) is 4.74 Å². The van der Waals surface area contributed by atoms with Crippen LogP contribution in [0.1, 0.15) is 5.56 Å². The SMILES string of the molecule is COCCS(=O)(=O)c1ccc(CNC2=NCCN2C)cc1. The number of guanidine groups is 1. The number of nitrogens with one attached hydrogen (secondary N) is 1. The first-order chi connectivity index (χ1) is 10.0. The Kier molecular flexibility index (Phi) is 5.19. The summed E-state index contributed by atoms with van der Waals surface area (Å²) in [5.41, 5.74) is 1.02. The van der Waals surface area contributed by atoms with E-state index in [9.17, 15) is 8.42 Å². The summed E-state index contributed by atoms with van der Waals surface area (Å²) in [5, 5.41) is 3.25. The van der Waals surface area contributed by atoms with Gasteiger partial charge in [-0.15, -0.1) is 0 Å². The van der Waals surface area contributed by atoms with Crippen molar-refractivity contribution in [1.82, 2.24) is 10.2 Å². The first kappa shape index (κ1) is 15.8. The molecule has 0 atom stereocenters. The Balaban J connectivity index is 1.96. The van der Waals surface area contributed by atoms with Crippen LogP contribution in [0, 0.1) is 0 Å². The van der Waals surface area contributed by atoms with Crippen molar-refractivity contribution >= 4 is 15.8 Å². The van der Waals surface area contributed by atoms with Gasteiger partial charge in [0, 0.05) is 27.2 Å². The minimum absolute atomic E-state index is 0.00268. The van der Waals surface area contributed by atoms with E-state index >= 15 is 0 Å². The summed E-state index contributed by atoms with van der Waals surface area (Å²) < 4.78 is 28.8. The van der Waals surface area contributed by atoms with Gasteiger partial charge in [-0.2, -0.15) is 0 Å². The average Bonchev–Trinajstić information content (AvgIpc) is 2.89. The van der Waals surface area contributed by atoms with Gasteiger partial charge in [-0.1, -0.05) is 12.1 Å². The Morgan fingerprint density at radius 2 is 2.05 bits per heavy atom. The maximum absolute atomic E-state index is 12.0. The molecule has 21 heavy (non-hydrogen) atoms. The maximum Gasteiger partial charge on any atom is 0.194 e. The number of rotatable bonds is 6. The number of hydrogen-bond donors (Lipinski definition) is 1. The molecule has 0 radical (unpaired) electrons. The Morgan fingerprint density at radius 1 is 1.33 bits per heavy atom. The molecule has 0 unspecified atom stereocenters. The predicted molar refractivity (Wildman–Crippen MR) is 82.1 cm³/mol. The topological polar surface area (TPSA) is 71.0 Å². The summed E-state index contributed by atoms with van der Waals surface area (Å²) in [6, 6.07) is 6.93. The zero-order chi connectivity index (χ0) is 15.3. The number of nitrogens with zero attached hydrogens (tertiary/aromatic N) is 2. The Bertz CT molecular complexity index is 596. The second kappa shape index (κ2) is 6.91. The molecule has 1 aliphatic heterocycles. The van der Waals surface area contributed by atoms with Crippen LogP contribution in [-0.4, -0.2) is 58.9 Å². The lowest BCUT2D eigenvalue weighted by atomic mass is 10.2. The number of ether oxygens (including phenoxy) is 1. The fraction of sp³-hybridized carbons (Fsp3) is 0.500. The third-order valence-electron chi connectivity index (χ3n) is 3.35. The molecule has 116 valence electrons. The van der Waals surface area contributed by atoms with Crippen molar-refractivity contribution in [2.24, 2.45) is 4.99 Å². The van der Waals surface area contributed by atoms with Crippen molar-refractivity contribution in [2.45, 2.75) is 11.4 Å². The van der Waals surface area contributed by atoms with E-state index in [0.717, 1.165) is 24.6 Å². The number of benzene rings is 1. The number of likely N-dealkylation sites (N-methyl/N-ethyl adjacent to an activating group) is 1. The van der Waals surface area contributed by atoms with E-state index in [1.165, 1.54) is 7.11 Å². The van der Waals surface area contributed by atoms with E-state index in [0.29, 0.717) is 11.4 Å². The molecule has 1 aromatic rings. The third-order valence-corrected chi connectivity index (χ3v) is 5.04.